The molecule has 1 aromatic carbocycles. The van der Waals surface area contributed by atoms with Gasteiger partial charge in [-0.15, -0.1) is 0 Å². The summed E-state index contributed by atoms with van der Waals surface area (Å²) in [4.78, 5) is 8.25. The fourth-order valence-corrected chi connectivity index (χ4v) is 2.08. The molecule has 0 unspecified atom stereocenters. The molecule has 1 heterocycles. The van der Waals surface area contributed by atoms with Crippen molar-refractivity contribution in [3.63, 3.8) is 0 Å². The summed E-state index contributed by atoms with van der Waals surface area (Å²) >= 11 is 11.9. The first-order valence-corrected chi connectivity index (χ1v) is 5.89. The molecule has 19 heavy (non-hydrogen) atoms. The van der Waals surface area contributed by atoms with Crippen molar-refractivity contribution in [2.45, 2.75) is 0 Å². The zero-order chi connectivity index (χ0) is 14.2. The van der Waals surface area contributed by atoms with Crippen LogP contribution in [0.5, 0.6) is 11.8 Å². The van der Waals surface area contributed by atoms with E-state index < -0.39 is 7.12 Å². The molecule has 6 nitrogen and oxygen atoms in total. The number of rotatable bonds is 3. The van der Waals surface area contributed by atoms with Gasteiger partial charge < -0.3 is 19.5 Å². The molecule has 0 atom stereocenters. The van der Waals surface area contributed by atoms with Crippen LogP contribution in [0, 0.1) is 0 Å². The lowest BCUT2D eigenvalue weighted by Crippen LogP contribution is -2.32. The van der Waals surface area contributed by atoms with Crippen molar-refractivity contribution < 1.29 is 19.5 Å². The van der Waals surface area contributed by atoms with Crippen LogP contribution in [-0.4, -0.2) is 41.4 Å². The Morgan fingerprint density at radius 1 is 1.11 bits per heavy atom. The number of methoxy groups -OCH3 is 2. The van der Waals surface area contributed by atoms with E-state index in [1.54, 1.807) is 0 Å². The summed E-state index contributed by atoms with van der Waals surface area (Å²) in [5, 5.41) is 18.9. The van der Waals surface area contributed by atoms with Gasteiger partial charge in [-0.2, -0.15) is 0 Å². The Kier molecular flexibility index (Phi) is 4.00. The number of benzene rings is 1. The van der Waals surface area contributed by atoms with Gasteiger partial charge in [0.05, 0.1) is 35.3 Å². The molecule has 0 fully saturated rings. The number of nitrogens with zero attached hydrogens (tertiary/aromatic N) is 2. The molecule has 0 radical (unpaired) electrons. The maximum Gasteiger partial charge on any atom is 0.492 e. The van der Waals surface area contributed by atoms with Crippen LogP contribution in [0.25, 0.3) is 11.0 Å². The van der Waals surface area contributed by atoms with Crippen molar-refractivity contribution >= 4 is 46.8 Å². The SMILES string of the molecule is COc1nc2cc(Cl)c(Cl)c(B(O)O)c2nc1OC. The van der Waals surface area contributed by atoms with Gasteiger partial charge in [0, 0.05) is 5.46 Å². The van der Waals surface area contributed by atoms with E-state index in [2.05, 4.69) is 9.97 Å². The molecule has 0 bridgehead atoms. The minimum Gasteiger partial charge on any atom is -0.477 e. The van der Waals surface area contributed by atoms with Gasteiger partial charge in [-0.25, -0.2) is 9.97 Å². The Labute approximate surface area is 119 Å². The highest BCUT2D eigenvalue weighted by Crippen LogP contribution is 2.29. The fourth-order valence-electron chi connectivity index (χ4n) is 1.63. The smallest absolute Gasteiger partial charge is 0.477 e. The predicted molar refractivity (Wildman–Crippen MR) is 72.5 cm³/mol. The molecular formula is C10H9BCl2N2O4. The number of ether oxygens (including phenoxy) is 2. The number of halogens is 2. The third-order valence-corrected chi connectivity index (χ3v) is 3.27. The monoisotopic (exact) mass is 302 g/mol. The van der Waals surface area contributed by atoms with Crippen LogP contribution in [0.1, 0.15) is 0 Å². The number of aromatic nitrogens is 2. The highest BCUT2D eigenvalue weighted by molar-refractivity contribution is 6.67. The van der Waals surface area contributed by atoms with Crippen LogP contribution in [0.3, 0.4) is 0 Å². The normalized spacial score (nSPS) is 10.6. The van der Waals surface area contributed by atoms with Crippen molar-refractivity contribution in [2.75, 3.05) is 14.2 Å². The molecule has 0 saturated carbocycles. The first-order chi connectivity index (χ1) is 8.99. The van der Waals surface area contributed by atoms with E-state index in [9.17, 15) is 10.0 Å². The second-order valence-electron chi connectivity index (χ2n) is 3.57. The summed E-state index contributed by atoms with van der Waals surface area (Å²) in [5.74, 6) is 0.266. The van der Waals surface area contributed by atoms with Gasteiger partial charge in [0.1, 0.15) is 0 Å². The van der Waals surface area contributed by atoms with E-state index >= 15 is 0 Å². The lowest BCUT2D eigenvalue weighted by Gasteiger charge is -2.11. The Bertz CT molecular complexity index is 639. The van der Waals surface area contributed by atoms with Crippen molar-refractivity contribution in [3.05, 3.63) is 16.1 Å². The molecule has 9 heteroatoms. The third-order valence-electron chi connectivity index (χ3n) is 2.47. The van der Waals surface area contributed by atoms with E-state index in [1.807, 2.05) is 0 Å². The second kappa shape index (κ2) is 5.38. The third kappa shape index (κ3) is 2.42. The quantitative estimate of drug-likeness (QED) is 0.809. The van der Waals surface area contributed by atoms with Crippen LogP contribution in [0.4, 0.5) is 0 Å². The number of hydrogen-bond acceptors (Lipinski definition) is 6. The lowest BCUT2D eigenvalue weighted by molar-refractivity contribution is 0.334. The second-order valence-corrected chi connectivity index (χ2v) is 4.35. The number of fused-ring (bicyclic) bond motifs is 1. The van der Waals surface area contributed by atoms with Gasteiger partial charge in [-0.3, -0.25) is 0 Å². The van der Waals surface area contributed by atoms with Crippen LogP contribution in [0.2, 0.25) is 10.0 Å². The molecule has 0 aliphatic carbocycles. The van der Waals surface area contributed by atoms with Gasteiger partial charge in [-0.05, 0) is 6.07 Å². The van der Waals surface area contributed by atoms with Gasteiger partial charge in [0.15, 0.2) is 0 Å². The summed E-state index contributed by atoms with van der Waals surface area (Å²) in [6.45, 7) is 0. The average molecular weight is 303 g/mol. The molecule has 2 aromatic rings. The van der Waals surface area contributed by atoms with E-state index in [1.165, 1.54) is 20.3 Å². The van der Waals surface area contributed by atoms with E-state index in [0.717, 1.165) is 0 Å². The Balaban J connectivity index is 2.87. The largest absolute Gasteiger partial charge is 0.492 e. The molecule has 0 aliphatic heterocycles. The molecule has 2 N–H and O–H groups in total. The summed E-state index contributed by atoms with van der Waals surface area (Å²) in [7, 11) is 0.976. The van der Waals surface area contributed by atoms with Gasteiger partial charge in [0.25, 0.3) is 11.8 Å². The van der Waals surface area contributed by atoms with Gasteiger partial charge in [0.2, 0.25) is 0 Å². The molecule has 0 saturated heterocycles. The molecule has 0 aliphatic rings. The highest BCUT2D eigenvalue weighted by atomic mass is 35.5. The Hall–Kier alpha value is -1.28. The van der Waals surface area contributed by atoms with E-state index in [-0.39, 0.29) is 32.8 Å². The van der Waals surface area contributed by atoms with Crippen LogP contribution >= 0.6 is 23.2 Å². The summed E-state index contributed by atoms with van der Waals surface area (Å²) in [6, 6.07) is 1.46. The molecule has 1 aromatic heterocycles. The molecule has 100 valence electrons. The van der Waals surface area contributed by atoms with Crippen LogP contribution in [-0.2, 0) is 0 Å². The van der Waals surface area contributed by atoms with Gasteiger partial charge >= 0.3 is 7.12 Å². The lowest BCUT2D eigenvalue weighted by atomic mass is 9.79. The topological polar surface area (TPSA) is 84.7 Å². The summed E-state index contributed by atoms with van der Waals surface area (Å²) in [5.41, 5.74) is 0.467. The van der Waals surface area contributed by atoms with Crippen molar-refractivity contribution in [3.8, 4) is 11.8 Å². The van der Waals surface area contributed by atoms with E-state index in [4.69, 9.17) is 32.7 Å². The highest BCUT2D eigenvalue weighted by Gasteiger charge is 2.24. The first-order valence-electron chi connectivity index (χ1n) is 5.13. The number of hydrogen-bond donors (Lipinski definition) is 2. The van der Waals surface area contributed by atoms with Crippen LogP contribution < -0.4 is 14.9 Å². The van der Waals surface area contributed by atoms with Gasteiger partial charge in [-0.1, -0.05) is 23.2 Å². The summed E-state index contributed by atoms with van der Waals surface area (Å²) < 4.78 is 10.0. The Morgan fingerprint density at radius 3 is 2.21 bits per heavy atom. The van der Waals surface area contributed by atoms with Crippen LogP contribution in [0.15, 0.2) is 6.07 Å². The molecule has 0 amide bonds. The summed E-state index contributed by atoms with van der Waals surface area (Å²) in [6.07, 6.45) is 0. The standard InChI is InChI=1S/C10H9BCl2N2O4/c1-18-9-10(19-2)15-8-5(14-9)3-4(12)7(13)6(8)11(16)17/h3,16-17H,1-2H3. The minimum atomic E-state index is -1.83. The van der Waals surface area contributed by atoms with Crippen molar-refractivity contribution in [2.24, 2.45) is 0 Å². The molecule has 2 rings (SSSR count). The molecular weight excluding hydrogens is 294 g/mol. The first kappa shape index (κ1) is 14.1. The zero-order valence-electron chi connectivity index (χ0n) is 10.0. The van der Waals surface area contributed by atoms with E-state index in [0.29, 0.717) is 5.52 Å². The Morgan fingerprint density at radius 2 is 1.68 bits per heavy atom. The fraction of sp³-hybridized carbons (Fsp3) is 0.200. The average Bonchev–Trinajstić information content (AvgIpc) is 2.38. The molecule has 0 spiro atoms. The predicted octanol–water partition coefficient (Wildman–Crippen LogP) is 0.634. The van der Waals surface area contributed by atoms with Crippen molar-refractivity contribution in [1.29, 1.82) is 0 Å². The maximum absolute atomic E-state index is 9.39. The zero-order valence-corrected chi connectivity index (χ0v) is 11.5. The minimum absolute atomic E-state index is 0.00527. The van der Waals surface area contributed by atoms with Crippen molar-refractivity contribution in [1.82, 2.24) is 9.97 Å². The maximum atomic E-state index is 9.39.